The van der Waals surface area contributed by atoms with E-state index in [2.05, 4.69) is 13.0 Å². The first-order chi connectivity index (χ1) is 7.74. The van der Waals surface area contributed by atoms with Gasteiger partial charge in [0.05, 0.1) is 0 Å². The molecule has 0 aliphatic carbocycles. The highest BCUT2D eigenvalue weighted by atomic mass is 16.6. The highest BCUT2D eigenvalue weighted by molar-refractivity contribution is 5.57. The SMILES string of the molecule is Cc1cc(CCC=O)c2c(c1C)OCCO2. The quantitative estimate of drug-likeness (QED) is 0.733. The maximum absolute atomic E-state index is 10.4. The molecule has 3 nitrogen and oxygen atoms in total. The van der Waals surface area contributed by atoms with Gasteiger partial charge in [-0.05, 0) is 37.0 Å². The van der Waals surface area contributed by atoms with E-state index in [0.29, 0.717) is 19.6 Å². The molecule has 0 atom stereocenters. The molecule has 0 spiro atoms. The summed E-state index contributed by atoms with van der Waals surface area (Å²) < 4.78 is 11.3. The van der Waals surface area contributed by atoms with E-state index in [1.807, 2.05) is 6.92 Å². The van der Waals surface area contributed by atoms with Crippen molar-refractivity contribution in [1.82, 2.24) is 0 Å². The number of ether oxygens (including phenoxy) is 2. The van der Waals surface area contributed by atoms with Gasteiger partial charge in [0.15, 0.2) is 11.5 Å². The predicted molar refractivity (Wildman–Crippen MR) is 61.3 cm³/mol. The van der Waals surface area contributed by atoms with Gasteiger partial charge >= 0.3 is 0 Å². The molecule has 0 amide bonds. The average molecular weight is 220 g/mol. The lowest BCUT2D eigenvalue weighted by Crippen LogP contribution is -2.18. The summed E-state index contributed by atoms with van der Waals surface area (Å²) in [5.41, 5.74) is 3.39. The number of aryl methyl sites for hydroxylation is 2. The Labute approximate surface area is 95.4 Å². The standard InChI is InChI=1S/C13H16O3/c1-9-8-11(4-3-5-14)13-12(10(9)2)15-6-7-16-13/h5,8H,3-4,6-7H2,1-2H3. The molecule has 0 N–H and O–H groups in total. The molecule has 0 saturated carbocycles. The molecule has 2 rings (SSSR count). The number of benzene rings is 1. The van der Waals surface area contributed by atoms with Crippen molar-refractivity contribution in [2.45, 2.75) is 26.7 Å². The monoisotopic (exact) mass is 220 g/mol. The molecular weight excluding hydrogens is 204 g/mol. The Hall–Kier alpha value is -1.51. The van der Waals surface area contributed by atoms with Gasteiger partial charge in [-0.1, -0.05) is 6.07 Å². The molecule has 1 heterocycles. The van der Waals surface area contributed by atoms with Gasteiger partial charge in [0.2, 0.25) is 0 Å². The van der Waals surface area contributed by atoms with Crippen LogP contribution in [0.5, 0.6) is 11.5 Å². The lowest BCUT2D eigenvalue weighted by atomic mass is 10.00. The summed E-state index contributed by atoms with van der Waals surface area (Å²) in [6.07, 6.45) is 2.18. The van der Waals surface area contributed by atoms with Crippen molar-refractivity contribution in [3.63, 3.8) is 0 Å². The summed E-state index contributed by atoms with van der Waals surface area (Å²) in [5.74, 6) is 1.68. The Kier molecular flexibility index (Phi) is 3.13. The molecule has 16 heavy (non-hydrogen) atoms. The summed E-state index contributed by atoms with van der Waals surface area (Å²) in [7, 11) is 0. The molecule has 0 bridgehead atoms. The van der Waals surface area contributed by atoms with E-state index in [1.165, 1.54) is 5.56 Å². The number of carbonyl (C=O) groups is 1. The smallest absolute Gasteiger partial charge is 0.164 e. The number of aldehydes is 1. The molecule has 1 aromatic carbocycles. The van der Waals surface area contributed by atoms with Gasteiger partial charge in [-0.25, -0.2) is 0 Å². The number of hydrogen-bond donors (Lipinski definition) is 0. The number of carbonyl (C=O) groups excluding carboxylic acids is 1. The first kappa shape index (κ1) is 11.0. The van der Waals surface area contributed by atoms with Crippen LogP contribution < -0.4 is 9.47 Å². The Morgan fingerprint density at radius 1 is 1.25 bits per heavy atom. The fourth-order valence-corrected chi connectivity index (χ4v) is 1.95. The maximum atomic E-state index is 10.4. The van der Waals surface area contributed by atoms with Gasteiger partial charge < -0.3 is 14.3 Å². The molecule has 1 aliphatic heterocycles. The second-order valence-electron chi connectivity index (χ2n) is 4.04. The second kappa shape index (κ2) is 4.56. The average Bonchev–Trinajstić information content (AvgIpc) is 2.32. The zero-order valence-corrected chi connectivity index (χ0v) is 9.71. The van der Waals surface area contributed by atoms with Gasteiger partial charge in [-0.3, -0.25) is 0 Å². The van der Waals surface area contributed by atoms with E-state index in [1.54, 1.807) is 0 Å². The molecule has 0 unspecified atom stereocenters. The lowest BCUT2D eigenvalue weighted by Gasteiger charge is -2.24. The van der Waals surface area contributed by atoms with Crippen LogP contribution in [-0.4, -0.2) is 19.5 Å². The van der Waals surface area contributed by atoms with Crippen LogP contribution in [-0.2, 0) is 11.2 Å². The van der Waals surface area contributed by atoms with Crippen molar-refractivity contribution in [2.75, 3.05) is 13.2 Å². The summed E-state index contributed by atoms with van der Waals surface area (Å²) in [4.78, 5) is 10.4. The Morgan fingerprint density at radius 2 is 1.94 bits per heavy atom. The van der Waals surface area contributed by atoms with Gasteiger partial charge in [-0.2, -0.15) is 0 Å². The van der Waals surface area contributed by atoms with Crippen LogP contribution in [0.1, 0.15) is 23.1 Å². The van der Waals surface area contributed by atoms with Crippen LogP contribution in [0.15, 0.2) is 6.07 Å². The summed E-state index contributed by atoms with van der Waals surface area (Å²) in [6, 6.07) is 2.09. The third-order valence-corrected chi connectivity index (χ3v) is 2.93. The Morgan fingerprint density at radius 3 is 2.62 bits per heavy atom. The molecule has 0 aromatic heterocycles. The Balaban J connectivity index is 2.43. The van der Waals surface area contributed by atoms with Crippen molar-refractivity contribution in [1.29, 1.82) is 0 Å². The number of rotatable bonds is 3. The topological polar surface area (TPSA) is 35.5 Å². The van der Waals surface area contributed by atoms with Crippen LogP contribution in [0.25, 0.3) is 0 Å². The van der Waals surface area contributed by atoms with Crippen LogP contribution in [0.3, 0.4) is 0 Å². The van der Waals surface area contributed by atoms with Gasteiger partial charge in [0, 0.05) is 6.42 Å². The molecule has 1 aliphatic rings. The van der Waals surface area contributed by atoms with Crippen molar-refractivity contribution in [3.05, 3.63) is 22.8 Å². The predicted octanol–water partition coefficient (Wildman–Crippen LogP) is 2.21. The number of fused-ring (bicyclic) bond motifs is 1. The Bertz CT molecular complexity index is 410. The summed E-state index contributed by atoms with van der Waals surface area (Å²) in [6.45, 7) is 5.28. The van der Waals surface area contributed by atoms with Crippen molar-refractivity contribution in [3.8, 4) is 11.5 Å². The third-order valence-electron chi connectivity index (χ3n) is 2.93. The molecule has 0 saturated heterocycles. The third kappa shape index (κ3) is 1.90. The van der Waals surface area contributed by atoms with Gasteiger partial charge in [-0.15, -0.1) is 0 Å². The van der Waals surface area contributed by atoms with E-state index < -0.39 is 0 Å². The zero-order chi connectivity index (χ0) is 11.5. The second-order valence-corrected chi connectivity index (χ2v) is 4.04. The van der Waals surface area contributed by atoms with Crippen molar-refractivity contribution < 1.29 is 14.3 Å². The minimum atomic E-state index is 0.526. The minimum absolute atomic E-state index is 0.526. The highest BCUT2D eigenvalue weighted by Crippen LogP contribution is 2.39. The zero-order valence-electron chi connectivity index (χ0n) is 9.71. The lowest BCUT2D eigenvalue weighted by molar-refractivity contribution is -0.107. The van der Waals surface area contributed by atoms with Crippen molar-refractivity contribution in [2.24, 2.45) is 0 Å². The normalized spacial score (nSPS) is 13.6. The fourth-order valence-electron chi connectivity index (χ4n) is 1.95. The first-order valence-electron chi connectivity index (χ1n) is 5.56. The number of hydrogen-bond acceptors (Lipinski definition) is 3. The van der Waals surface area contributed by atoms with Crippen molar-refractivity contribution >= 4 is 6.29 Å². The van der Waals surface area contributed by atoms with E-state index in [4.69, 9.17) is 9.47 Å². The van der Waals surface area contributed by atoms with Crippen LogP contribution >= 0.6 is 0 Å². The van der Waals surface area contributed by atoms with E-state index >= 15 is 0 Å². The molecule has 0 radical (unpaired) electrons. The maximum Gasteiger partial charge on any atom is 0.164 e. The molecular formula is C13H16O3. The molecule has 3 heteroatoms. The van der Waals surface area contributed by atoms with E-state index in [0.717, 1.165) is 35.3 Å². The first-order valence-corrected chi connectivity index (χ1v) is 5.56. The summed E-state index contributed by atoms with van der Waals surface area (Å²) >= 11 is 0. The highest BCUT2D eigenvalue weighted by Gasteiger charge is 2.19. The largest absolute Gasteiger partial charge is 0.486 e. The summed E-state index contributed by atoms with van der Waals surface area (Å²) in [5, 5.41) is 0. The van der Waals surface area contributed by atoms with Gasteiger partial charge in [0.1, 0.15) is 19.5 Å². The van der Waals surface area contributed by atoms with Crippen LogP contribution in [0.2, 0.25) is 0 Å². The van der Waals surface area contributed by atoms with Crippen LogP contribution in [0.4, 0.5) is 0 Å². The fraction of sp³-hybridized carbons (Fsp3) is 0.462. The molecule has 86 valence electrons. The van der Waals surface area contributed by atoms with Gasteiger partial charge in [0.25, 0.3) is 0 Å². The van der Waals surface area contributed by atoms with E-state index in [9.17, 15) is 4.79 Å². The van der Waals surface area contributed by atoms with Crippen LogP contribution in [0, 0.1) is 13.8 Å². The molecule has 0 fully saturated rings. The van der Waals surface area contributed by atoms with E-state index in [-0.39, 0.29) is 0 Å². The molecule has 1 aromatic rings. The minimum Gasteiger partial charge on any atom is -0.486 e.